The summed E-state index contributed by atoms with van der Waals surface area (Å²) >= 11 is 1.58. The first-order valence-corrected chi connectivity index (χ1v) is 8.75. The third-order valence-corrected chi connectivity index (χ3v) is 4.82. The van der Waals surface area contributed by atoms with Gasteiger partial charge in [0.1, 0.15) is 5.82 Å². The van der Waals surface area contributed by atoms with E-state index in [0.29, 0.717) is 19.4 Å². The van der Waals surface area contributed by atoms with Crippen molar-refractivity contribution in [1.29, 1.82) is 0 Å². The van der Waals surface area contributed by atoms with Gasteiger partial charge in [-0.15, -0.1) is 0 Å². The highest BCUT2D eigenvalue weighted by Crippen LogP contribution is 2.24. The fourth-order valence-corrected chi connectivity index (χ4v) is 3.57. The minimum Gasteiger partial charge on any atom is -0.386 e. The minimum atomic E-state index is -0.903. The number of amides is 1. The lowest BCUT2D eigenvalue weighted by Crippen LogP contribution is -2.54. The Labute approximate surface area is 140 Å². The lowest BCUT2D eigenvalue weighted by Gasteiger charge is -2.39. The molecule has 3 rings (SSSR count). The number of hydrogen-bond acceptors (Lipinski definition) is 5. The van der Waals surface area contributed by atoms with Gasteiger partial charge in [-0.25, -0.2) is 4.98 Å². The molecule has 6 heteroatoms. The Balaban J connectivity index is 1.55. The van der Waals surface area contributed by atoms with Crippen LogP contribution in [-0.4, -0.2) is 41.2 Å². The van der Waals surface area contributed by atoms with Gasteiger partial charge < -0.3 is 15.3 Å². The van der Waals surface area contributed by atoms with Crippen LogP contribution in [0.5, 0.6) is 0 Å². The summed E-state index contributed by atoms with van der Waals surface area (Å²) in [5.41, 5.74) is 0.110. The predicted octanol–water partition coefficient (Wildman–Crippen LogP) is 1.83. The van der Waals surface area contributed by atoms with Gasteiger partial charge in [0.25, 0.3) is 0 Å². The molecule has 0 spiro atoms. The van der Waals surface area contributed by atoms with Gasteiger partial charge in [0, 0.05) is 25.8 Å². The predicted molar refractivity (Wildman–Crippen MR) is 91.7 cm³/mol. The van der Waals surface area contributed by atoms with Crippen LogP contribution in [0.4, 0.5) is 5.82 Å². The highest BCUT2D eigenvalue weighted by Gasteiger charge is 2.34. The van der Waals surface area contributed by atoms with E-state index in [1.807, 2.05) is 35.0 Å². The molecule has 2 N–H and O–H groups in total. The monoisotopic (exact) mass is 331 g/mol. The molecule has 5 nitrogen and oxygen atoms in total. The Morgan fingerprint density at radius 2 is 2.35 bits per heavy atom. The second-order valence-electron chi connectivity index (χ2n) is 6.02. The number of hydrogen-bond donors (Lipinski definition) is 2. The molecule has 1 amide bonds. The zero-order valence-electron chi connectivity index (χ0n) is 12.9. The van der Waals surface area contributed by atoms with Crippen LogP contribution in [0.15, 0.2) is 41.2 Å². The van der Waals surface area contributed by atoms with E-state index in [4.69, 9.17) is 0 Å². The Bertz CT molecular complexity index is 633. The summed E-state index contributed by atoms with van der Waals surface area (Å²) in [5, 5.41) is 17.6. The molecule has 2 aromatic heterocycles. The molecule has 1 saturated heterocycles. The molecule has 0 radical (unpaired) electrons. The summed E-state index contributed by atoms with van der Waals surface area (Å²) in [6.07, 6.45) is 3.69. The summed E-state index contributed by atoms with van der Waals surface area (Å²) < 4.78 is 0. The van der Waals surface area contributed by atoms with Crippen LogP contribution in [0, 0.1) is 0 Å². The fourth-order valence-electron chi connectivity index (χ4n) is 2.90. The van der Waals surface area contributed by atoms with Gasteiger partial charge in [0.2, 0.25) is 5.91 Å². The number of piperidine rings is 1. The topological polar surface area (TPSA) is 65.5 Å². The molecule has 3 heterocycles. The van der Waals surface area contributed by atoms with E-state index in [0.717, 1.165) is 24.3 Å². The van der Waals surface area contributed by atoms with Crippen molar-refractivity contribution in [2.24, 2.45) is 0 Å². The van der Waals surface area contributed by atoms with Crippen molar-refractivity contribution in [2.75, 3.05) is 24.5 Å². The summed E-state index contributed by atoms with van der Waals surface area (Å²) in [4.78, 5) is 18.4. The van der Waals surface area contributed by atoms with E-state index in [1.165, 1.54) is 0 Å². The average Bonchev–Trinajstić information content (AvgIpc) is 3.07. The molecule has 0 saturated carbocycles. The normalized spacial score (nSPS) is 21.2. The largest absolute Gasteiger partial charge is 0.386 e. The number of aromatic nitrogens is 1. The van der Waals surface area contributed by atoms with Crippen molar-refractivity contribution >= 4 is 23.1 Å². The van der Waals surface area contributed by atoms with Crippen molar-refractivity contribution in [1.82, 2.24) is 10.3 Å². The zero-order chi connectivity index (χ0) is 16.1. The minimum absolute atomic E-state index is 0.0493. The third-order valence-electron chi connectivity index (χ3n) is 4.09. The highest BCUT2D eigenvalue weighted by atomic mass is 32.1. The van der Waals surface area contributed by atoms with Crippen molar-refractivity contribution in [3.8, 4) is 0 Å². The molecule has 0 aromatic carbocycles. The van der Waals surface area contributed by atoms with Gasteiger partial charge in [-0.05, 0) is 47.4 Å². The lowest BCUT2D eigenvalue weighted by atomic mass is 9.92. The maximum atomic E-state index is 12.0. The molecule has 1 atom stereocenters. The van der Waals surface area contributed by atoms with E-state index >= 15 is 0 Å². The van der Waals surface area contributed by atoms with Crippen LogP contribution in [0.1, 0.15) is 18.4 Å². The summed E-state index contributed by atoms with van der Waals surface area (Å²) in [5.74, 6) is 0.821. The standard InChI is InChI=1S/C17H21N3O2S/c21-16(10-14-5-9-23-11-14)19-12-17(22)6-3-8-20(13-17)15-4-1-2-7-18-15/h1-2,4-5,7,9,11,22H,3,6,8,10,12-13H2,(H,19,21). The molecular formula is C17H21N3O2S. The lowest BCUT2D eigenvalue weighted by molar-refractivity contribution is -0.121. The van der Waals surface area contributed by atoms with Gasteiger partial charge in [-0.1, -0.05) is 6.07 Å². The first kappa shape index (κ1) is 16.0. The molecular weight excluding hydrogens is 310 g/mol. The number of nitrogens with zero attached hydrogens (tertiary/aromatic N) is 2. The van der Waals surface area contributed by atoms with Crippen molar-refractivity contribution < 1.29 is 9.90 Å². The first-order chi connectivity index (χ1) is 11.1. The van der Waals surface area contributed by atoms with Crippen LogP contribution < -0.4 is 10.2 Å². The maximum Gasteiger partial charge on any atom is 0.224 e. The summed E-state index contributed by atoms with van der Waals surface area (Å²) in [6.45, 7) is 1.64. The third kappa shape index (κ3) is 4.30. The highest BCUT2D eigenvalue weighted by molar-refractivity contribution is 7.07. The Morgan fingerprint density at radius 1 is 1.43 bits per heavy atom. The number of anilines is 1. The van der Waals surface area contributed by atoms with Gasteiger partial charge in [-0.2, -0.15) is 11.3 Å². The SMILES string of the molecule is O=C(Cc1ccsc1)NCC1(O)CCCN(c2ccccn2)C1. The smallest absolute Gasteiger partial charge is 0.224 e. The number of thiophene rings is 1. The van der Waals surface area contributed by atoms with E-state index < -0.39 is 5.60 Å². The fraction of sp³-hybridized carbons (Fsp3) is 0.412. The number of carbonyl (C=O) groups excluding carboxylic acids is 1. The Morgan fingerprint density at radius 3 is 3.09 bits per heavy atom. The molecule has 1 aliphatic rings. The number of rotatable bonds is 5. The van der Waals surface area contributed by atoms with Crippen LogP contribution in [-0.2, 0) is 11.2 Å². The number of carbonyl (C=O) groups is 1. The number of β-amino-alcohol motifs (C(OH)–C–C–N with tert-alkyl or cyclic N) is 1. The number of aliphatic hydroxyl groups is 1. The van der Waals surface area contributed by atoms with Crippen LogP contribution in [0.25, 0.3) is 0 Å². The second-order valence-corrected chi connectivity index (χ2v) is 6.80. The zero-order valence-corrected chi connectivity index (χ0v) is 13.8. The van der Waals surface area contributed by atoms with E-state index in [1.54, 1.807) is 17.5 Å². The Kier molecular flexibility index (Phi) is 4.93. The molecule has 2 aromatic rings. The molecule has 1 fully saturated rings. The van der Waals surface area contributed by atoms with Crippen LogP contribution >= 0.6 is 11.3 Å². The van der Waals surface area contributed by atoms with Crippen molar-refractivity contribution in [2.45, 2.75) is 24.9 Å². The van der Waals surface area contributed by atoms with Crippen LogP contribution in [0.2, 0.25) is 0 Å². The quantitative estimate of drug-likeness (QED) is 0.877. The van der Waals surface area contributed by atoms with Gasteiger partial charge >= 0.3 is 0 Å². The second kappa shape index (κ2) is 7.10. The summed E-state index contributed by atoms with van der Waals surface area (Å²) in [7, 11) is 0. The van der Waals surface area contributed by atoms with Crippen molar-refractivity contribution in [3.63, 3.8) is 0 Å². The molecule has 0 bridgehead atoms. The van der Waals surface area contributed by atoms with Gasteiger partial charge in [-0.3, -0.25) is 4.79 Å². The van der Waals surface area contributed by atoms with E-state index in [9.17, 15) is 9.90 Å². The van der Waals surface area contributed by atoms with Gasteiger partial charge in [0.15, 0.2) is 0 Å². The van der Waals surface area contributed by atoms with Gasteiger partial charge in [0.05, 0.1) is 12.0 Å². The molecule has 0 aliphatic carbocycles. The summed E-state index contributed by atoms with van der Waals surface area (Å²) in [6, 6.07) is 7.71. The van der Waals surface area contributed by atoms with Crippen LogP contribution in [0.3, 0.4) is 0 Å². The molecule has 1 unspecified atom stereocenters. The number of pyridine rings is 1. The van der Waals surface area contributed by atoms with E-state index in [2.05, 4.69) is 15.2 Å². The molecule has 1 aliphatic heterocycles. The van der Waals surface area contributed by atoms with E-state index in [-0.39, 0.29) is 12.5 Å². The first-order valence-electron chi connectivity index (χ1n) is 7.81. The number of nitrogens with one attached hydrogen (secondary N) is 1. The average molecular weight is 331 g/mol. The van der Waals surface area contributed by atoms with Crippen molar-refractivity contribution in [3.05, 3.63) is 46.8 Å². The molecule has 23 heavy (non-hydrogen) atoms. The maximum absolute atomic E-state index is 12.0. The Hall–Kier alpha value is -1.92. The molecule has 122 valence electrons.